The van der Waals surface area contributed by atoms with Gasteiger partial charge in [0, 0.05) is 18.5 Å². The van der Waals surface area contributed by atoms with E-state index in [-0.39, 0.29) is 6.17 Å². The molecule has 0 saturated carbocycles. The summed E-state index contributed by atoms with van der Waals surface area (Å²) in [6.45, 7) is 0.807. The molecule has 2 unspecified atom stereocenters. The Bertz CT molecular complexity index is 325. The van der Waals surface area contributed by atoms with E-state index >= 15 is 0 Å². The van der Waals surface area contributed by atoms with E-state index in [9.17, 15) is 5.11 Å². The summed E-state index contributed by atoms with van der Waals surface area (Å²) < 4.78 is 5.33. The predicted octanol–water partition coefficient (Wildman–Crippen LogP) is -0.258. The van der Waals surface area contributed by atoms with E-state index in [1.54, 1.807) is 6.26 Å². The van der Waals surface area contributed by atoms with Gasteiger partial charge in [0.25, 0.3) is 0 Å². The molecule has 0 spiro atoms. The summed E-state index contributed by atoms with van der Waals surface area (Å²) in [6.07, 6.45) is 2.02. The second-order valence-electron chi connectivity index (χ2n) is 3.40. The lowest BCUT2D eigenvalue weighted by molar-refractivity contribution is 0.156. The Morgan fingerprint density at radius 3 is 3.46 bits per heavy atom. The van der Waals surface area contributed by atoms with Crippen molar-refractivity contribution in [1.29, 1.82) is 0 Å². The molecule has 3 heterocycles. The van der Waals surface area contributed by atoms with Crippen molar-refractivity contribution < 1.29 is 9.52 Å². The van der Waals surface area contributed by atoms with Crippen molar-refractivity contribution in [2.75, 3.05) is 5.01 Å². The average molecular weight is 181 g/mol. The van der Waals surface area contributed by atoms with Crippen LogP contribution in [-0.4, -0.2) is 17.5 Å². The van der Waals surface area contributed by atoms with Crippen molar-refractivity contribution in [3.05, 3.63) is 17.9 Å². The van der Waals surface area contributed by atoms with Crippen LogP contribution >= 0.6 is 0 Å². The predicted molar refractivity (Wildman–Crippen MR) is 45.6 cm³/mol. The molecule has 2 aliphatic rings. The maximum atomic E-state index is 9.39. The Hall–Kier alpha value is -1.04. The molecular weight excluding hydrogens is 170 g/mol. The molecule has 1 aromatic heterocycles. The van der Waals surface area contributed by atoms with Crippen molar-refractivity contribution in [1.82, 2.24) is 10.7 Å². The normalized spacial score (nSPS) is 31.6. The maximum absolute atomic E-state index is 9.39. The highest BCUT2D eigenvalue weighted by Gasteiger charge is 2.36. The zero-order valence-electron chi connectivity index (χ0n) is 7.03. The number of rotatable bonds is 0. The van der Waals surface area contributed by atoms with Gasteiger partial charge in [-0.15, -0.1) is 0 Å². The molecule has 5 heteroatoms. The van der Waals surface area contributed by atoms with Crippen molar-refractivity contribution in [3.63, 3.8) is 0 Å². The number of hydrazine groups is 1. The Labute approximate surface area is 75.3 Å². The standard InChI is InChI=1S/C8H11N3O2/c12-7-3-6-9-4-5-1-2-13-8(5)11(6)10-7/h1-2,6-7,9-10,12H,3-4H2. The molecule has 70 valence electrons. The molecule has 1 fully saturated rings. The Morgan fingerprint density at radius 2 is 2.54 bits per heavy atom. The Morgan fingerprint density at radius 1 is 1.62 bits per heavy atom. The van der Waals surface area contributed by atoms with Crippen LogP contribution in [-0.2, 0) is 6.54 Å². The van der Waals surface area contributed by atoms with E-state index in [0.717, 1.165) is 18.0 Å². The fourth-order valence-electron chi connectivity index (χ4n) is 1.90. The molecule has 0 bridgehead atoms. The third-order valence-electron chi connectivity index (χ3n) is 2.52. The maximum Gasteiger partial charge on any atom is 0.215 e. The van der Waals surface area contributed by atoms with E-state index in [2.05, 4.69) is 10.7 Å². The summed E-state index contributed by atoms with van der Waals surface area (Å²) in [5, 5.41) is 14.5. The number of nitrogens with zero attached hydrogens (tertiary/aromatic N) is 1. The monoisotopic (exact) mass is 181 g/mol. The molecule has 2 aliphatic heterocycles. The van der Waals surface area contributed by atoms with E-state index < -0.39 is 6.23 Å². The summed E-state index contributed by atoms with van der Waals surface area (Å²) in [5.41, 5.74) is 4.05. The van der Waals surface area contributed by atoms with Gasteiger partial charge >= 0.3 is 0 Å². The first-order valence-electron chi connectivity index (χ1n) is 4.38. The molecule has 0 aliphatic carbocycles. The first-order valence-corrected chi connectivity index (χ1v) is 4.38. The number of aliphatic hydroxyl groups is 1. The molecule has 0 radical (unpaired) electrons. The number of nitrogens with one attached hydrogen (secondary N) is 2. The van der Waals surface area contributed by atoms with E-state index in [1.807, 2.05) is 11.1 Å². The van der Waals surface area contributed by atoms with E-state index in [0.29, 0.717) is 6.42 Å². The number of fused-ring (bicyclic) bond motifs is 3. The zero-order chi connectivity index (χ0) is 8.84. The molecule has 3 N–H and O–H groups in total. The van der Waals surface area contributed by atoms with Crippen LogP contribution in [0.5, 0.6) is 0 Å². The lowest BCUT2D eigenvalue weighted by atomic mass is 10.2. The van der Waals surface area contributed by atoms with Crippen molar-refractivity contribution in [2.24, 2.45) is 0 Å². The molecule has 1 aromatic rings. The van der Waals surface area contributed by atoms with Crippen molar-refractivity contribution in [2.45, 2.75) is 25.4 Å². The fourth-order valence-corrected chi connectivity index (χ4v) is 1.90. The highest BCUT2D eigenvalue weighted by atomic mass is 16.4. The molecule has 1 saturated heterocycles. The van der Waals surface area contributed by atoms with Crippen LogP contribution in [0.15, 0.2) is 16.7 Å². The molecular formula is C8H11N3O2. The highest BCUT2D eigenvalue weighted by molar-refractivity contribution is 5.47. The van der Waals surface area contributed by atoms with Gasteiger partial charge in [0.05, 0.1) is 6.26 Å². The quantitative estimate of drug-likeness (QED) is 0.515. The lowest BCUT2D eigenvalue weighted by Gasteiger charge is -2.29. The number of hydrogen-bond acceptors (Lipinski definition) is 5. The third kappa shape index (κ3) is 0.980. The Kier molecular flexibility index (Phi) is 1.40. The van der Waals surface area contributed by atoms with Crippen LogP contribution in [0.25, 0.3) is 0 Å². The van der Waals surface area contributed by atoms with Gasteiger partial charge in [-0.2, -0.15) is 0 Å². The van der Waals surface area contributed by atoms with Gasteiger partial charge in [-0.3, -0.25) is 10.3 Å². The molecule has 0 aromatic carbocycles. The van der Waals surface area contributed by atoms with Crippen LogP contribution in [0.3, 0.4) is 0 Å². The van der Waals surface area contributed by atoms with Crippen molar-refractivity contribution in [3.8, 4) is 0 Å². The number of aliphatic hydroxyl groups excluding tert-OH is 1. The lowest BCUT2D eigenvalue weighted by Crippen LogP contribution is -2.49. The van der Waals surface area contributed by atoms with E-state index in [4.69, 9.17) is 4.42 Å². The summed E-state index contributed by atoms with van der Waals surface area (Å²) in [5.74, 6) is 0.820. The van der Waals surface area contributed by atoms with Gasteiger partial charge in [0.15, 0.2) is 0 Å². The van der Waals surface area contributed by atoms with Crippen LogP contribution in [0, 0.1) is 0 Å². The van der Waals surface area contributed by atoms with Crippen LogP contribution < -0.4 is 15.8 Å². The summed E-state index contributed by atoms with van der Waals surface area (Å²) in [6, 6.07) is 1.94. The molecule has 13 heavy (non-hydrogen) atoms. The first kappa shape index (κ1) is 7.37. The largest absolute Gasteiger partial charge is 0.447 e. The Balaban J connectivity index is 1.99. The second kappa shape index (κ2) is 2.47. The highest BCUT2D eigenvalue weighted by Crippen LogP contribution is 2.29. The zero-order valence-corrected chi connectivity index (χ0v) is 7.03. The second-order valence-corrected chi connectivity index (χ2v) is 3.40. The van der Waals surface area contributed by atoms with Crippen LogP contribution in [0.4, 0.5) is 5.88 Å². The fraction of sp³-hybridized carbons (Fsp3) is 0.500. The van der Waals surface area contributed by atoms with Gasteiger partial charge in [-0.05, 0) is 6.07 Å². The molecule has 3 rings (SSSR count). The number of anilines is 1. The number of hydrogen-bond donors (Lipinski definition) is 3. The van der Waals surface area contributed by atoms with Gasteiger partial charge < -0.3 is 9.52 Å². The van der Waals surface area contributed by atoms with Crippen LogP contribution in [0.2, 0.25) is 0 Å². The van der Waals surface area contributed by atoms with Gasteiger partial charge in [0.1, 0.15) is 12.4 Å². The average Bonchev–Trinajstić information content (AvgIpc) is 2.65. The topological polar surface area (TPSA) is 60.7 Å². The first-order chi connectivity index (χ1) is 6.34. The molecule has 5 nitrogen and oxygen atoms in total. The smallest absolute Gasteiger partial charge is 0.215 e. The summed E-state index contributed by atoms with van der Waals surface area (Å²) in [7, 11) is 0. The number of furan rings is 1. The SMILES string of the molecule is OC1CC2NCc3ccoc3N2N1. The minimum absolute atomic E-state index is 0.147. The van der Waals surface area contributed by atoms with Gasteiger partial charge in [-0.25, -0.2) is 5.43 Å². The molecule has 2 atom stereocenters. The summed E-state index contributed by atoms with van der Waals surface area (Å²) >= 11 is 0. The van der Waals surface area contributed by atoms with E-state index in [1.165, 1.54) is 0 Å². The minimum atomic E-state index is -0.478. The van der Waals surface area contributed by atoms with Gasteiger partial charge in [-0.1, -0.05) is 0 Å². The summed E-state index contributed by atoms with van der Waals surface area (Å²) in [4.78, 5) is 0. The van der Waals surface area contributed by atoms with Crippen LogP contribution in [0.1, 0.15) is 12.0 Å². The van der Waals surface area contributed by atoms with Crippen molar-refractivity contribution >= 4 is 5.88 Å². The van der Waals surface area contributed by atoms with Gasteiger partial charge in [0.2, 0.25) is 5.88 Å². The molecule has 0 amide bonds. The minimum Gasteiger partial charge on any atom is -0.447 e. The third-order valence-corrected chi connectivity index (χ3v) is 2.52.